The van der Waals surface area contributed by atoms with Crippen molar-refractivity contribution in [3.05, 3.63) is 65.2 Å². The van der Waals surface area contributed by atoms with Crippen LogP contribution in [-0.2, 0) is 6.42 Å². The Morgan fingerprint density at radius 2 is 1.78 bits per heavy atom. The number of Topliss-reactive ketones (excluding diaryl/α,β-unsaturated/α-hetero) is 1. The molecule has 0 fully saturated rings. The zero-order valence-electron chi connectivity index (χ0n) is 10.2. The second-order valence-corrected chi connectivity index (χ2v) is 4.50. The SMILES string of the molecule is CC(=O)c1ccc(C2=Nc3ccccc3C2)cc1. The average Bonchev–Trinajstić information content (AvgIpc) is 2.82. The van der Waals surface area contributed by atoms with Crippen molar-refractivity contribution in [1.29, 1.82) is 0 Å². The van der Waals surface area contributed by atoms with Gasteiger partial charge >= 0.3 is 0 Å². The first-order valence-electron chi connectivity index (χ1n) is 6.01. The molecule has 0 aromatic heterocycles. The van der Waals surface area contributed by atoms with Crippen LogP contribution in [0.3, 0.4) is 0 Å². The van der Waals surface area contributed by atoms with Gasteiger partial charge in [-0.3, -0.25) is 9.79 Å². The monoisotopic (exact) mass is 235 g/mol. The third-order valence-corrected chi connectivity index (χ3v) is 3.23. The normalized spacial score (nSPS) is 13.1. The van der Waals surface area contributed by atoms with Crippen LogP contribution >= 0.6 is 0 Å². The summed E-state index contributed by atoms with van der Waals surface area (Å²) in [7, 11) is 0. The van der Waals surface area contributed by atoms with Gasteiger partial charge in [0, 0.05) is 12.0 Å². The molecule has 1 aliphatic rings. The number of carbonyl (C=O) groups is 1. The lowest BCUT2D eigenvalue weighted by Crippen LogP contribution is -2.01. The quantitative estimate of drug-likeness (QED) is 0.732. The number of rotatable bonds is 2. The van der Waals surface area contributed by atoms with Crippen LogP contribution in [0.4, 0.5) is 5.69 Å². The summed E-state index contributed by atoms with van der Waals surface area (Å²) < 4.78 is 0. The van der Waals surface area contributed by atoms with Crippen LogP contribution in [0, 0.1) is 0 Å². The molecule has 0 radical (unpaired) electrons. The van der Waals surface area contributed by atoms with Gasteiger partial charge in [-0.15, -0.1) is 0 Å². The van der Waals surface area contributed by atoms with Crippen LogP contribution in [0.2, 0.25) is 0 Å². The molecule has 0 bridgehead atoms. The van der Waals surface area contributed by atoms with Gasteiger partial charge in [0.1, 0.15) is 0 Å². The molecular weight excluding hydrogens is 222 g/mol. The molecular formula is C16H13NO. The topological polar surface area (TPSA) is 29.4 Å². The van der Waals surface area contributed by atoms with Crippen LogP contribution in [0.25, 0.3) is 0 Å². The van der Waals surface area contributed by atoms with E-state index in [2.05, 4.69) is 11.1 Å². The third kappa shape index (κ3) is 1.86. The molecule has 2 aromatic rings. The highest BCUT2D eigenvalue weighted by atomic mass is 16.1. The maximum Gasteiger partial charge on any atom is 0.159 e. The molecule has 0 N–H and O–H groups in total. The molecule has 3 rings (SSSR count). The van der Waals surface area contributed by atoms with E-state index in [4.69, 9.17) is 0 Å². The summed E-state index contributed by atoms with van der Waals surface area (Å²) in [5.74, 6) is 0.0956. The highest BCUT2D eigenvalue weighted by Gasteiger charge is 2.15. The molecule has 88 valence electrons. The maximum absolute atomic E-state index is 11.2. The Morgan fingerprint density at radius 1 is 1.06 bits per heavy atom. The summed E-state index contributed by atoms with van der Waals surface area (Å²) in [5, 5.41) is 0. The first kappa shape index (κ1) is 10.9. The Labute approximate surface area is 106 Å². The molecule has 2 aromatic carbocycles. The standard InChI is InChI=1S/C16H13NO/c1-11(18)12-6-8-13(9-7-12)16-10-14-4-2-3-5-15(14)17-16/h2-9H,10H2,1H3. The largest absolute Gasteiger partial charge is 0.295 e. The second kappa shape index (κ2) is 4.22. The number of ketones is 1. The molecule has 0 atom stereocenters. The molecule has 18 heavy (non-hydrogen) atoms. The molecule has 0 unspecified atom stereocenters. The van der Waals surface area contributed by atoms with E-state index in [1.165, 1.54) is 5.56 Å². The molecule has 0 aliphatic carbocycles. The molecule has 0 amide bonds. The van der Waals surface area contributed by atoms with Crippen molar-refractivity contribution < 1.29 is 4.79 Å². The number of carbonyl (C=O) groups excluding carboxylic acids is 1. The molecule has 2 heteroatoms. The fraction of sp³-hybridized carbons (Fsp3) is 0.125. The van der Waals surface area contributed by atoms with Gasteiger partial charge in [0.2, 0.25) is 0 Å². The lowest BCUT2D eigenvalue weighted by molar-refractivity contribution is 0.101. The average molecular weight is 235 g/mol. The Morgan fingerprint density at radius 3 is 2.44 bits per heavy atom. The van der Waals surface area contributed by atoms with Gasteiger partial charge in [-0.25, -0.2) is 0 Å². The van der Waals surface area contributed by atoms with Crippen LogP contribution in [0.1, 0.15) is 28.4 Å². The summed E-state index contributed by atoms with van der Waals surface area (Å²) in [5.41, 5.74) is 5.24. The molecule has 1 aliphatic heterocycles. The van der Waals surface area contributed by atoms with Crippen LogP contribution in [0.15, 0.2) is 53.5 Å². The molecule has 0 spiro atoms. The summed E-state index contributed by atoms with van der Waals surface area (Å²) in [4.78, 5) is 15.9. The predicted molar refractivity (Wildman–Crippen MR) is 72.8 cm³/mol. The Bertz CT molecular complexity index is 638. The number of hydrogen-bond donors (Lipinski definition) is 0. The Hall–Kier alpha value is -2.22. The van der Waals surface area contributed by atoms with Gasteiger partial charge in [-0.05, 0) is 24.1 Å². The number of benzene rings is 2. The van der Waals surface area contributed by atoms with Gasteiger partial charge in [-0.1, -0.05) is 42.5 Å². The Kier molecular flexibility index (Phi) is 2.56. The third-order valence-electron chi connectivity index (χ3n) is 3.23. The minimum absolute atomic E-state index is 0.0956. The highest BCUT2D eigenvalue weighted by Crippen LogP contribution is 2.28. The number of para-hydroxylation sites is 1. The van der Waals surface area contributed by atoms with Crippen molar-refractivity contribution in [2.45, 2.75) is 13.3 Å². The van der Waals surface area contributed by atoms with Crippen molar-refractivity contribution in [2.24, 2.45) is 4.99 Å². The smallest absolute Gasteiger partial charge is 0.159 e. The van der Waals surface area contributed by atoms with E-state index in [9.17, 15) is 4.79 Å². The minimum Gasteiger partial charge on any atom is -0.295 e. The van der Waals surface area contributed by atoms with Crippen LogP contribution in [-0.4, -0.2) is 11.5 Å². The zero-order chi connectivity index (χ0) is 12.5. The fourth-order valence-corrected chi connectivity index (χ4v) is 2.20. The van der Waals surface area contributed by atoms with Gasteiger partial charge in [-0.2, -0.15) is 0 Å². The van der Waals surface area contributed by atoms with E-state index < -0.39 is 0 Å². The van der Waals surface area contributed by atoms with Crippen LogP contribution < -0.4 is 0 Å². The number of hydrogen-bond acceptors (Lipinski definition) is 2. The molecule has 0 saturated carbocycles. The van der Waals surface area contributed by atoms with E-state index in [0.717, 1.165) is 28.9 Å². The number of fused-ring (bicyclic) bond motifs is 1. The van der Waals surface area contributed by atoms with Crippen LogP contribution in [0.5, 0.6) is 0 Å². The summed E-state index contributed by atoms with van der Waals surface area (Å²) in [6.45, 7) is 1.58. The van der Waals surface area contributed by atoms with E-state index in [1.54, 1.807) is 6.92 Å². The van der Waals surface area contributed by atoms with Gasteiger partial charge in [0.15, 0.2) is 5.78 Å². The summed E-state index contributed by atoms with van der Waals surface area (Å²) >= 11 is 0. The van der Waals surface area contributed by atoms with Gasteiger partial charge in [0.25, 0.3) is 0 Å². The predicted octanol–water partition coefficient (Wildman–Crippen LogP) is 3.57. The van der Waals surface area contributed by atoms with Crippen molar-refractivity contribution in [1.82, 2.24) is 0 Å². The maximum atomic E-state index is 11.2. The molecule has 0 saturated heterocycles. The minimum atomic E-state index is 0.0956. The first-order valence-corrected chi connectivity index (χ1v) is 6.01. The van der Waals surface area contributed by atoms with E-state index in [1.807, 2.05) is 42.5 Å². The lowest BCUT2D eigenvalue weighted by Gasteiger charge is -2.01. The van der Waals surface area contributed by atoms with Crippen molar-refractivity contribution in [3.63, 3.8) is 0 Å². The van der Waals surface area contributed by atoms with Crippen molar-refractivity contribution in [2.75, 3.05) is 0 Å². The first-order chi connectivity index (χ1) is 8.74. The second-order valence-electron chi connectivity index (χ2n) is 4.50. The Balaban J connectivity index is 1.92. The van der Waals surface area contributed by atoms with E-state index in [0.29, 0.717) is 0 Å². The summed E-state index contributed by atoms with van der Waals surface area (Å²) in [6, 6.07) is 15.9. The van der Waals surface area contributed by atoms with Crippen molar-refractivity contribution in [3.8, 4) is 0 Å². The van der Waals surface area contributed by atoms with Gasteiger partial charge < -0.3 is 0 Å². The van der Waals surface area contributed by atoms with E-state index >= 15 is 0 Å². The molecule has 1 heterocycles. The zero-order valence-corrected chi connectivity index (χ0v) is 10.2. The number of aliphatic imine (C=N–C) groups is 1. The number of nitrogens with zero attached hydrogens (tertiary/aromatic N) is 1. The van der Waals surface area contributed by atoms with Crippen molar-refractivity contribution >= 4 is 17.2 Å². The fourth-order valence-electron chi connectivity index (χ4n) is 2.20. The molecule has 2 nitrogen and oxygen atoms in total. The van der Waals surface area contributed by atoms with E-state index in [-0.39, 0.29) is 5.78 Å². The summed E-state index contributed by atoms with van der Waals surface area (Å²) in [6.07, 6.45) is 0.871. The highest BCUT2D eigenvalue weighted by molar-refractivity contribution is 6.07. The lowest BCUT2D eigenvalue weighted by atomic mass is 10.0. The van der Waals surface area contributed by atoms with Gasteiger partial charge in [0.05, 0.1) is 11.4 Å².